The summed E-state index contributed by atoms with van der Waals surface area (Å²) in [5.74, 6) is -0.273. The Bertz CT molecular complexity index is 717. The second-order valence-corrected chi connectivity index (χ2v) is 4.64. The number of hydrogen-bond donors (Lipinski definition) is 0. The highest BCUT2D eigenvalue weighted by Crippen LogP contribution is 2.35. The number of amides is 1. The Kier molecular flexibility index (Phi) is 2.95. The molecule has 0 fully saturated rings. The van der Waals surface area contributed by atoms with Gasteiger partial charge in [0.25, 0.3) is 0 Å². The van der Waals surface area contributed by atoms with Crippen LogP contribution in [0.5, 0.6) is 0 Å². The van der Waals surface area contributed by atoms with E-state index in [2.05, 4.69) is 0 Å². The monoisotopic (exact) mass is 263 g/mol. The first-order chi connectivity index (χ1) is 9.68. The molecule has 2 aromatic carbocycles. The summed E-state index contributed by atoms with van der Waals surface area (Å²) < 4.78 is 0. The van der Waals surface area contributed by atoms with Crippen molar-refractivity contribution in [2.45, 2.75) is 6.92 Å². The van der Waals surface area contributed by atoms with Gasteiger partial charge >= 0.3 is 0 Å². The Balaban J connectivity index is 2.15. The predicted octanol–water partition coefficient (Wildman–Crippen LogP) is 3.28. The van der Waals surface area contributed by atoms with Gasteiger partial charge in [0.05, 0.1) is 11.4 Å². The molecule has 1 aliphatic heterocycles. The van der Waals surface area contributed by atoms with Crippen LogP contribution < -0.4 is 4.90 Å². The van der Waals surface area contributed by atoms with Crippen molar-refractivity contribution in [2.75, 3.05) is 4.90 Å². The van der Waals surface area contributed by atoms with Crippen molar-refractivity contribution in [3.8, 4) is 0 Å². The smallest absolute Gasteiger partial charge is 0.228 e. The zero-order valence-corrected chi connectivity index (χ0v) is 11.0. The minimum absolute atomic E-state index is 0.111. The van der Waals surface area contributed by atoms with E-state index < -0.39 is 0 Å². The minimum atomic E-state index is -0.162. The third-order valence-corrected chi connectivity index (χ3v) is 3.28. The van der Waals surface area contributed by atoms with Crippen LogP contribution in [0.1, 0.15) is 22.8 Å². The summed E-state index contributed by atoms with van der Waals surface area (Å²) in [6.45, 7) is 1.47. The fraction of sp³-hybridized carbons (Fsp3) is 0.0588. The maximum Gasteiger partial charge on any atom is 0.228 e. The molecule has 0 aliphatic carbocycles. The first-order valence-corrected chi connectivity index (χ1v) is 6.39. The quantitative estimate of drug-likeness (QED) is 0.740. The van der Waals surface area contributed by atoms with Gasteiger partial charge in [-0.05, 0) is 23.8 Å². The zero-order valence-electron chi connectivity index (χ0n) is 11.0. The molecule has 1 amide bonds. The van der Waals surface area contributed by atoms with E-state index in [1.165, 1.54) is 11.8 Å². The minimum Gasteiger partial charge on any atom is -0.287 e. The third-order valence-electron chi connectivity index (χ3n) is 3.28. The summed E-state index contributed by atoms with van der Waals surface area (Å²) in [5.41, 5.74) is 2.54. The SMILES string of the molecule is CC(=O)N1C(=Cc2ccccc2)C(=O)c2ccccc21. The standard InChI is InChI=1S/C17H13NO2/c1-12(19)18-15-10-6-5-9-14(15)17(20)16(18)11-13-7-3-2-4-8-13/h2-11H,1H3. The van der Waals surface area contributed by atoms with Crippen LogP contribution >= 0.6 is 0 Å². The van der Waals surface area contributed by atoms with Gasteiger partial charge in [-0.15, -0.1) is 0 Å². The molecule has 20 heavy (non-hydrogen) atoms. The molecule has 3 heteroatoms. The highest BCUT2D eigenvalue weighted by Gasteiger charge is 2.34. The topological polar surface area (TPSA) is 37.4 Å². The highest BCUT2D eigenvalue weighted by atomic mass is 16.2. The van der Waals surface area contributed by atoms with E-state index >= 15 is 0 Å². The molecule has 0 radical (unpaired) electrons. The van der Waals surface area contributed by atoms with Crippen LogP contribution in [0.4, 0.5) is 5.69 Å². The fourth-order valence-electron chi connectivity index (χ4n) is 2.41. The number of para-hydroxylation sites is 1. The average molecular weight is 263 g/mol. The van der Waals surface area contributed by atoms with Crippen LogP contribution in [0.2, 0.25) is 0 Å². The number of ketones is 1. The Morgan fingerprint density at radius 2 is 1.65 bits per heavy atom. The molecule has 1 heterocycles. The molecule has 0 aromatic heterocycles. The molecule has 1 aliphatic rings. The van der Waals surface area contributed by atoms with Gasteiger partial charge in [-0.2, -0.15) is 0 Å². The van der Waals surface area contributed by atoms with Crippen LogP contribution in [0, 0.1) is 0 Å². The third kappa shape index (κ3) is 1.93. The molecule has 0 unspecified atom stereocenters. The molecule has 0 saturated carbocycles. The maximum absolute atomic E-state index is 12.5. The Hall–Kier alpha value is -2.68. The van der Waals surface area contributed by atoms with Gasteiger partial charge in [0.2, 0.25) is 11.7 Å². The number of carbonyl (C=O) groups is 2. The van der Waals surface area contributed by atoms with E-state index in [1.807, 2.05) is 36.4 Å². The molecule has 0 N–H and O–H groups in total. The number of Topliss-reactive ketones (excluding diaryl/α,β-unsaturated/α-hetero) is 1. The van der Waals surface area contributed by atoms with Crippen LogP contribution in [-0.4, -0.2) is 11.7 Å². The first-order valence-electron chi connectivity index (χ1n) is 6.39. The van der Waals surface area contributed by atoms with E-state index in [4.69, 9.17) is 0 Å². The normalized spacial score (nSPS) is 15.6. The van der Waals surface area contributed by atoms with E-state index in [9.17, 15) is 9.59 Å². The summed E-state index contributed by atoms with van der Waals surface area (Å²) in [5, 5.41) is 0. The summed E-state index contributed by atoms with van der Waals surface area (Å²) in [7, 11) is 0. The fourth-order valence-corrected chi connectivity index (χ4v) is 2.41. The van der Waals surface area contributed by atoms with Gasteiger partial charge < -0.3 is 0 Å². The molecule has 2 aromatic rings. The molecule has 3 rings (SSSR count). The number of carbonyl (C=O) groups excluding carboxylic acids is 2. The van der Waals surface area contributed by atoms with E-state index in [0.29, 0.717) is 16.9 Å². The second-order valence-electron chi connectivity index (χ2n) is 4.64. The van der Waals surface area contributed by atoms with Crippen LogP contribution in [0.3, 0.4) is 0 Å². The lowest BCUT2D eigenvalue weighted by Gasteiger charge is -2.15. The lowest BCUT2D eigenvalue weighted by atomic mass is 10.1. The number of allylic oxidation sites excluding steroid dienone is 1. The average Bonchev–Trinajstić information content (AvgIpc) is 2.74. The first kappa shape index (κ1) is 12.4. The van der Waals surface area contributed by atoms with Gasteiger partial charge in [-0.3, -0.25) is 14.5 Å². The van der Waals surface area contributed by atoms with Crippen molar-refractivity contribution in [1.29, 1.82) is 0 Å². The van der Waals surface area contributed by atoms with Crippen LogP contribution in [0.15, 0.2) is 60.3 Å². The van der Waals surface area contributed by atoms with Crippen molar-refractivity contribution >= 4 is 23.5 Å². The van der Waals surface area contributed by atoms with Crippen molar-refractivity contribution in [3.63, 3.8) is 0 Å². The summed E-state index contributed by atoms with van der Waals surface area (Å²) >= 11 is 0. The molecule has 0 bridgehead atoms. The number of rotatable bonds is 1. The van der Waals surface area contributed by atoms with Crippen molar-refractivity contribution in [2.24, 2.45) is 0 Å². The van der Waals surface area contributed by atoms with Crippen molar-refractivity contribution in [1.82, 2.24) is 0 Å². The summed E-state index contributed by atoms with van der Waals surface area (Å²) in [6, 6.07) is 16.7. The molecular formula is C17H13NO2. The van der Waals surface area contributed by atoms with Crippen molar-refractivity contribution < 1.29 is 9.59 Å². The zero-order chi connectivity index (χ0) is 14.1. The van der Waals surface area contributed by atoms with E-state index in [0.717, 1.165) is 5.56 Å². The molecular weight excluding hydrogens is 250 g/mol. The number of fused-ring (bicyclic) bond motifs is 1. The van der Waals surface area contributed by atoms with Gasteiger partial charge in [-0.1, -0.05) is 42.5 Å². The maximum atomic E-state index is 12.5. The molecule has 0 spiro atoms. The molecule has 0 atom stereocenters. The van der Waals surface area contributed by atoms with Gasteiger partial charge in [0.1, 0.15) is 0 Å². The largest absolute Gasteiger partial charge is 0.287 e. The summed E-state index contributed by atoms with van der Waals surface area (Å²) in [4.78, 5) is 25.8. The van der Waals surface area contributed by atoms with Gasteiger partial charge in [0.15, 0.2) is 0 Å². The van der Waals surface area contributed by atoms with Crippen LogP contribution in [-0.2, 0) is 4.79 Å². The Labute approximate surface area is 117 Å². The highest BCUT2D eigenvalue weighted by molar-refractivity contribution is 6.26. The summed E-state index contributed by atoms with van der Waals surface area (Å²) in [6.07, 6.45) is 1.75. The second kappa shape index (κ2) is 4.78. The van der Waals surface area contributed by atoms with Crippen LogP contribution in [0.25, 0.3) is 6.08 Å². The number of nitrogens with zero attached hydrogens (tertiary/aromatic N) is 1. The molecule has 0 saturated heterocycles. The lowest BCUT2D eigenvalue weighted by molar-refractivity contribution is -0.116. The van der Waals surface area contributed by atoms with Gasteiger partial charge in [0, 0.05) is 12.5 Å². The number of benzene rings is 2. The Morgan fingerprint density at radius 1 is 1.00 bits per heavy atom. The number of hydrogen-bond acceptors (Lipinski definition) is 2. The lowest BCUT2D eigenvalue weighted by Crippen LogP contribution is -2.25. The molecule has 3 nitrogen and oxygen atoms in total. The molecule has 98 valence electrons. The van der Waals surface area contributed by atoms with E-state index in [-0.39, 0.29) is 11.7 Å². The van der Waals surface area contributed by atoms with Crippen molar-refractivity contribution in [3.05, 3.63) is 71.4 Å². The Morgan fingerprint density at radius 3 is 2.35 bits per heavy atom. The van der Waals surface area contributed by atoms with Gasteiger partial charge in [-0.25, -0.2) is 0 Å². The van der Waals surface area contributed by atoms with E-state index in [1.54, 1.807) is 24.3 Å². The number of anilines is 1. The predicted molar refractivity (Wildman–Crippen MR) is 78.4 cm³/mol.